The average molecular weight is 376 g/mol. The van der Waals surface area contributed by atoms with Crippen LogP contribution in [0.3, 0.4) is 0 Å². The number of aliphatic hydroxyl groups excluding tert-OH is 1. The summed E-state index contributed by atoms with van der Waals surface area (Å²) < 4.78 is 0.711. The maximum atomic E-state index is 12.8. The van der Waals surface area contributed by atoms with Gasteiger partial charge in [0.05, 0.1) is 17.2 Å². The van der Waals surface area contributed by atoms with Gasteiger partial charge in [-0.1, -0.05) is 17.7 Å². The van der Waals surface area contributed by atoms with Crippen LogP contribution in [0.25, 0.3) is 0 Å². The van der Waals surface area contributed by atoms with E-state index in [1.54, 1.807) is 17.0 Å². The molecule has 4 nitrogen and oxygen atoms in total. The Hall–Kier alpha value is -0.620. The number of carbonyl (C=O) groups excluding carboxylic acids is 1. The molecule has 21 heavy (non-hydrogen) atoms. The van der Waals surface area contributed by atoms with Crippen LogP contribution in [0.1, 0.15) is 23.2 Å². The first-order valence-electron chi connectivity index (χ1n) is 7.09. The Morgan fingerprint density at radius 2 is 2.14 bits per heavy atom. The highest BCUT2D eigenvalue weighted by atomic mass is 79.9. The van der Waals surface area contributed by atoms with Gasteiger partial charge < -0.3 is 14.9 Å². The predicted octanol–water partition coefficient (Wildman–Crippen LogP) is 2.63. The molecule has 1 fully saturated rings. The van der Waals surface area contributed by atoms with E-state index in [9.17, 15) is 9.90 Å². The smallest absolute Gasteiger partial charge is 0.255 e. The van der Waals surface area contributed by atoms with Gasteiger partial charge in [-0.15, -0.1) is 0 Å². The third-order valence-corrected chi connectivity index (χ3v) is 5.21. The number of rotatable bonds is 4. The molecular formula is C15H20BrClN2O2. The van der Waals surface area contributed by atoms with Gasteiger partial charge in [0.1, 0.15) is 0 Å². The normalized spacial score (nSPS) is 17.0. The van der Waals surface area contributed by atoms with Crippen LogP contribution in [0.5, 0.6) is 0 Å². The van der Waals surface area contributed by atoms with Crippen LogP contribution in [0.2, 0.25) is 5.02 Å². The minimum Gasteiger partial charge on any atom is -0.395 e. The second-order valence-corrected chi connectivity index (χ2v) is 6.59. The van der Waals surface area contributed by atoms with Crippen LogP contribution < -0.4 is 0 Å². The fraction of sp³-hybridized carbons (Fsp3) is 0.533. The molecule has 1 aromatic carbocycles. The maximum Gasteiger partial charge on any atom is 0.255 e. The maximum absolute atomic E-state index is 12.8. The number of nitrogens with zero attached hydrogens (tertiary/aromatic N) is 2. The molecule has 1 aromatic rings. The number of piperidine rings is 1. The summed E-state index contributed by atoms with van der Waals surface area (Å²) in [7, 11) is 2.08. The monoisotopic (exact) mass is 374 g/mol. The Labute approximate surface area is 138 Å². The Balaban J connectivity index is 2.21. The average Bonchev–Trinajstić information content (AvgIpc) is 2.48. The van der Waals surface area contributed by atoms with Crippen molar-refractivity contribution in [3.8, 4) is 0 Å². The molecule has 0 spiro atoms. The first kappa shape index (κ1) is 16.7. The Morgan fingerprint density at radius 3 is 2.76 bits per heavy atom. The molecule has 0 aliphatic carbocycles. The zero-order valence-electron chi connectivity index (χ0n) is 12.1. The van der Waals surface area contributed by atoms with E-state index in [1.807, 2.05) is 6.07 Å². The predicted molar refractivity (Wildman–Crippen MR) is 87.8 cm³/mol. The first-order valence-corrected chi connectivity index (χ1v) is 8.26. The SMILES string of the molecule is CN1CCC(N(CCO)C(=O)c2cccc(Br)c2Cl)CC1. The molecule has 1 N–H and O–H groups in total. The summed E-state index contributed by atoms with van der Waals surface area (Å²) in [5.41, 5.74) is 0.485. The lowest BCUT2D eigenvalue weighted by Gasteiger charge is -2.37. The quantitative estimate of drug-likeness (QED) is 0.880. The number of benzene rings is 1. The van der Waals surface area contributed by atoms with Crippen molar-refractivity contribution in [1.82, 2.24) is 9.80 Å². The molecule has 1 amide bonds. The van der Waals surface area contributed by atoms with Gasteiger partial charge in [-0.3, -0.25) is 4.79 Å². The third-order valence-electron chi connectivity index (χ3n) is 3.91. The number of aliphatic hydroxyl groups is 1. The number of hydrogen-bond acceptors (Lipinski definition) is 3. The number of likely N-dealkylation sites (tertiary alicyclic amines) is 1. The van der Waals surface area contributed by atoms with E-state index in [0.29, 0.717) is 21.6 Å². The summed E-state index contributed by atoms with van der Waals surface area (Å²) in [4.78, 5) is 16.8. The summed E-state index contributed by atoms with van der Waals surface area (Å²) in [5, 5.41) is 9.72. The lowest BCUT2D eigenvalue weighted by Crippen LogP contribution is -2.47. The summed E-state index contributed by atoms with van der Waals surface area (Å²) in [6.07, 6.45) is 1.85. The van der Waals surface area contributed by atoms with Crippen molar-refractivity contribution in [1.29, 1.82) is 0 Å². The van der Waals surface area contributed by atoms with Gasteiger partial charge in [-0.05, 0) is 61.0 Å². The van der Waals surface area contributed by atoms with Gasteiger partial charge in [-0.25, -0.2) is 0 Å². The number of carbonyl (C=O) groups is 1. The van der Waals surface area contributed by atoms with Crippen molar-refractivity contribution in [2.24, 2.45) is 0 Å². The zero-order chi connectivity index (χ0) is 15.4. The Morgan fingerprint density at radius 1 is 1.48 bits per heavy atom. The molecule has 0 bridgehead atoms. The minimum atomic E-state index is -0.107. The Kier molecular flexibility index (Phi) is 6.05. The largest absolute Gasteiger partial charge is 0.395 e. The van der Waals surface area contributed by atoms with Crippen molar-refractivity contribution in [2.75, 3.05) is 33.3 Å². The molecule has 0 atom stereocenters. The number of amides is 1. The third kappa shape index (κ3) is 3.97. The van der Waals surface area contributed by atoms with E-state index < -0.39 is 0 Å². The fourth-order valence-corrected chi connectivity index (χ4v) is 3.26. The van der Waals surface area contributed by atoms with Crippen molar-refractivity contribution in [3.63, 3.8) is 0 Å². The van der Waals surface area contributed by atoms with E-state index in [2.05, 4.69) is 27.9 Å². The minimum absolute atomic E-state index is 0.0380. The van der Waals surface area contributed by atoms with E-state index in [-0.39, 0.29) is 18.6 Å². The van der Waals surface area contributed by atoms with Crippen molar-refractivity contribution in [3.05, 3.63) is 33.3 Å². The molecule has 0 aromatic heterocycles. The molecule has 2 rings (SSSR count). The van der Waals surface area contributed by atoms with Crippen molar-refractivity contribution < 1.29 is 9.90 Å². The standard InChI is InChI=1S/C15H20BrClN2O2/c1-18-7-5-11(6-8-18)19(9-10-20)15(21)12-3-2-4-13(16)14(12)17/h2-4,11,20H,5-10H2,1H3. The number of halogens is 2. The molecule has 1 aliphatic heterocycles. The molecule has 1 saturated heterocycles. The van der Waals surface area contributed by atoms with Gasteiger partial charge >= 0.3 is 0 Å². The molecule has 0 saturated carbocycles. The van der Waals surface area contributed by atoms with Gasteiger partial charge in [0, 0.05) is 17.1 Å². The van der Waals surface area contributed by atoms with Crippen LogP contribution in [0.4, 0.5) is 0 Å². The van der Waals surface area contributed by atoms with Crippen LogP contribution in [-0.2, 0) is 0 Å². The highest BCUT2D eigenvalue weighted by Crippen LogP contribution is 2.28. The van der Waals surface area contributed by atoms with Crippen molar-refractivity contribution in [2.45, 2.75) is 18.9 Å². The van der Waals surface area contributed by atoms with Crippen LogP contribution >= 0.6 is 27.5 Å². The van der Waals surface area contributed by atoms with Crippen LogP contribution in [-0.4, -0.2) is 60.1 Å². The second-order valence-electron chi connectivity index (χ2n) is 5.36. The molecule has 0 radical (unpaired) electrons. The van der Waals surface area contributed by atoms with Gasteiger partial charge in [-0.2, -0.15) is 0 Å². The summed E-state index contributed by atoms with van der Waals surface area (Å²) in [5.74, 6) is -0.107. The molecule has 6 heteroatoms. The lowest BCUT2D eigenvalue weighted by molar-refractivity contribution is 0.0540. The van der Waals surface area contributed by atoms with Crippen LogP contribution in [0, 0.1) is 0 Å². The Bertz CT molecular complexity index is 504. The van der Waals surface area contributed by atoms with Gasteiger partial charge in [0.2, 0.25) is 0 Å². The van der Waals surface area contributed by atoms with Crippen LogP contribution in [0.15, 0.2) is 22.7 Å². The van der Waals surface area contributed by atoms with E-state index in [0.717, 1.165) is 25.9 Å². The van der Waals surface area contributed by atoms with Gasteiger partial charge in [0.15, 0.2) is 0 Å². The lowest BCUT2D eigenvalue weighted by atomic mass is 10.0. The molecule has 1 aliphatic rings. The second kappa shape index (κ2) is 7.58. The van der Waals surface area contributed by atoms with E-state index in [1.165, 1.54) is 0 Å². The van der Waals surface area contributed by atoms with E-state index >= 15 is 0 Å². The van der Waals surface area contributed by atoms with Crippen molar-refractivity contribution >= 4 is 33.4 Å². The topological polar surface area (TPSA) is 43.8 Å². The molecule has 116 valence electrons. The fourth-order valence-electron chi connectivity index (χ4n) is 2.69. The molecule has 0 unspecified atom stereocenters. The van der Waals surface area contributed by atoms with Gasteiger partial charge in [0.25, 0.3) is 5.91 Å². The van der Waals surface area contributed by atoms with E-state index in [4.69, 9.17) is 11.6 Å². The highest BCUT2D eigenvalue weighted by molar-refractivity contribution is 9.10. The zero-order valence-corrected chi connectivity index (χ0v) is 14.4. The summed E-state index contributed by atoms with van der Waals surface area (Å²) >= 11 is 9.58. The highest BCUT2D eigenvalue weighted by Gasteiger charge is 2.28. The summed E-state index contributed by atoms with van der Waals surface area (Å²) in [6.45, 7) is 2.23. The molecule has 1 heterocycles. The summed E-state index contributed by atoms with van der Waals surface area (Å²) in [6, 6.07) is 5.50. The first-order chi connectivity index (χ1) is 10.0. The molecular weight excluding hydrogens is 356 g/mol. The number of hydrogen-bond donors (Lipinski definition) is 1.